The normalized spacial score (nSPS) is 12.2. The highest BCUT2D eigenvalue weighted by Crippen LogP contribution is 2.35. The number of ketones is 1. The van der Waals surface area contributed by atoms with Crippen molar-refractivity contribution in [1.29, 1.82) is 0 Å². The van der Waals surface area contributed by atoms with Gasteiger partial charge < -0.3 is 4.74 Å². The molecule has 9 heteroatoms. The third-order valence-corrected chi connectivity index (χ3v) is 6.87. The molecule has 3 heterocycles. The number of rotatable bonds is 8. The van der Waals surface area contributed by atoms with Gasteiger partial charge in [0.2, 0.25) is 0 Å². The molecule has 7 nitrogen and oxygen atoms in total. The van der Waals surface area contributed by atoms with E-state index < -0.39 is 0 Å². The van der Waals surface area contributed by atoms with E-state index in [9.17, 15) is 4.79 Å². The maximum atomic E-state index is 13.2. The number of thiazole rings is 1. The van der Waals surface area contributed by atoms with Crippen molar-refractivity contribution in [2.24, 2.45) is 0 Å². The van der Waals surface area contributed by atoms with Crippen LogP contribution in [0.4, 0.5) is 0 Å². The van der Waals surface area contributed by atoms with Crippen LogP contribution in [0.2, 0.25) is 5.02 Å². The van der Waals surface area contributed by atoms with Crippen molar-refractivity contribution >= 4 is 39.1 Å². The Labute approximate surface area is 211 Å². The number of hydrogen-bond donors (Lipinski definition) is 0. The molecule has 0 amide bonds. The first-order chi connectivity index (χ1) is 17.0. The van der Waals surface area contributed by atoms with Gasteiger partial charge in [0.25, 0.3) is 0 Å². The number of fused-ring (bicyclic) bond motifs is 1. The summed E-state index contributed by atoms with van der Waals surface area (Å²) in [6, 6.07) is 15.4. The standard InChI is InChI=1S/C26H22ClN5O2S/c1-16-31-24-23(25(34-2)18-6-4-3-5-7-18)19(15-28-26(24)35-16)14-20(33)12-17-8-9-22(21(27)13-17)32-29-10-11-30-32/h3-11,13,15,25H,12,14H2,1-2H3. The van der Waals surface area contributed by atoms with Gasteiger partial charge in [0.15, 0.2) is 0 Å². The van der Waals surface area contributed by atoms with Gasteiger partial charge in [-0.3, -0.25) is 4.79 Å². The fourth-order valence-electron chi connectivity index (χ4n) is 4.18. The molecule has 1 unspecified atom stereocenters. The second-order valence-electron chi connectivity index (χ2n) is 8.11. The lowest BCUT2D eigenvalue weighted by atomic mass is 9.93. The summed E-state index contributed by atoms with van der Waals surface area (Å²) in [6.07, 6.45) is 5.04. The Bertz CT molecular complexity index is 1480. The molecule has 0 saturated carbocycles. The number of nitrogens with zero attached hydrogens (tertiary/aromatic N) is 5. The molecule has 0 aliphatic rings. The number of carbonyl (C=O) groups is 1. The Morgan fingerprint density at radius 3 is 2.60 bits per heavy atom. The zero-order chi connectivity index (χ0) is 24.4. The number of hydrogen-bond acceptors (Lipinski definition) is 7. The summed E-state index contributed by atoms with van der Waals surface area (Å²) in [5, 5.41) is 9.62. The number of aryl methyl sites for hydroxylation is 1. The molecule has 0 fully saturated rings. The van der Waals surface area contributed by atoms with Gasteiger partial charge in [-0.05, 0) is 35.7 Å². The van der Waals surface area contributed by atoms with Crippen LogP contribution in [0.25, 0.3) is 16.0 Å². The van der Waals surface area contributed by atoms with E-state index in [0.717, 1.165) is 37.6 Å². The van der Waals surface area contributed by atoms with Crippen molar-refractivity contribution in [1.82, 2.24) is 25.0 Å². The van der Waals surface area contributed by atoms with E-state index in [4.69, 9.17) is 21.3 Å². The number of aromatic nitrogens is 5. The number of methoxy groups -OCH3 is 1. The van der Waals surface area contributed by atoms with Crippen LogP contribution in [0, 0.1) is 6.92 Å². The van der Waals surface area contributed by atoms with Crippen LogP contribution in [0.1, 0.15) is 33.4 Å². The molecule has 3 aromatic heterocycles. The van der Waals surface area contributed by atoms with E-state index in [-0.39, 0.29) is 24.7 Å². The fourth-order valence-corrected chi connectivity index (χ4v) is 5.24. The molecular formula is C26H22ClN5O2S. The van der Waals surface area contributed by atoms with Crippen molar-refractivity contribution in [2.75, 3.05) is 7.11 Å². The molecule has 0 spiro atoms. The molecule has 176 valence electrons. The predicted molar refractivity (Wildman–Crippen MR) is 136 cm³/mol. The smallest absolute Gasteiger partial charge is 0.143 e. The number of pyridine rings is 1. The van der Waals surface area contributed by atoms with Crippen LogP contribution in [-0.4, -0.2) is 37.9 Å². The largest absolute Gasteiger partial charge is 0.372 e. The molecule has 35 heavy (non-hydrogen) atoms. The molecule has 0 bridgehead atoms. The summed E-state index contributed by atoms with van der Waals surface area (Å²) in [5.41, 5.74) is 4.97. The van der Waals surface area contributed by atoms with E-state index >= 15 is 0 Å². The zero-order valence-corrected chi connectivity index (χ0v) is 20.8. The average Bonchev–Trinajstić information content (AvgIpc) is 3.51. The van der Waals surface area contributed by atoms with Gasteiger partial charge in [0.1, 0.15) is 27.9 Å². The Morgan fingerprint density at radius 2 is 1.89 bits per heavy atom. The monoisotopic (exact) mass is 503 g/mol. The Morgan fingerprint density at radius 1 is 1.11 bits per heavy atom. The number of ether oxygens (including phenoxy) is 1. The maximum Gasteiger partial charge on any atom is 0.143 e. The third kappa shape index (κ3) is 4.86. The highest BCUT2D eigenvalue weighted by atomic mass is 35.5. The predicted octanol–water partition coefficient (Wildman–Crippen LogP) is 5.32. The molecule has 1 atom stereocenters. The molecule has 2 aromatic carbocycles. The summed E-state index contributed by atoms with van der Waals surface area (Å²) >= 11 is 7.97. The first-order valence-corrected chi connectivity index (χ1v) is 12.2. The van der Waals surface area contributed by atoms with Gasteiger partial charge in [-0.1, -0.05) is 59.3 Å². The Kier molecular flexibility index (Phi) is 6.68. The second kappa shape index (κ2) is 10.0. The highest BCUT2D eigenvalue weighted by molar-refractivity contribution is 7.18. The van der Waals surface area contributed by atoms with E-state index in [0.29, 0.717) is 10.7 Å². The molecule has 0 aliphatic heterocycles. The van der Waals surface area contributed by atoms with E-state index in [2.05, 4.69) is 15.2 Å². The minimum Gasteiger partial charge on any atom is -0.372 e. The van der Waals surface area contributed by atoms with Crippen LogP contribution >= 0.6 is 22.9 Å². The molecule has 5 aromatic rings. The van der Waals surface area contributed by atoms with Crippen molar-refractivity contribution in [3.05, 3.63) is 99.4 Å². The van der Waals surface area contributed by atoms with Crippen molar-refractivity contribution in [3.63, 3.8) is 0 Å². The molecule has 0 saturated heterocycles. The fraction of sp³-hybridized carbons (Fsp3) is 0.192. The lowest BCUT2D eigenvalue weighted by Gasteiger charge is -2.20. The SMILES string of the molecule is COC(c1ccccc1)c1c(CC(=O)Cc2ccc(-n3nccn3)c(Cl)c2)cnc2sc(C)nc12. The number of halogens is 1. The molecule has 0 aliphatic carbocycles. The maximum absolute atomic E-state index is 13.2. The number of benzene rings is 2. The molecular weight excluding hydrogens is 482 g/mol. The van der Waals surface area contributed by atoms with Crippen LogP contribution in [0.15, 0.2) is 67.1 Å². The van der Waals surface area contributed by atoms with Gasteiger partial charge in [-0.25, -0.2) is 9.97 Å². The lowest BCUT2D eigenvalue weighted by Crippen LogP contribution is -2.13. The van der Waals surface area contributed by atoms with Crippen LogP contribution in [0.5, 0.6) is 0 Å². The van der Waals surface area contributed by atoms with E-state index in [1.807, 2.05) is 49.4 Å². The Hall–Kier alpha value is -3.46. The summed E-state index contributed by atoms with van der Waals surface area (Å²) in [5.74, 6) is 0.0447. The summed E-state index contributed by atoms with van der Waals surface area (Å²) in [4.78, 5) is 24.8. The van der Waals surface area contributed by atoms with Crippen molar-refractivity contribution < 1.29 is 9.53 Å². The topological polar surface area (TPSA) is 82.8 Å². The average molecular weight is 504 g/mol. The van der Waals surface area contributed by atoms with Crippen molar-refractivity contribution in [3.8, 4) is 5.69 Å². The minimum atomic E-state index is -0.360. The lowest BCUT2D eigenvalue weighted by molar-refractivity contribution is -0.117. The quantitative estimate of drug-likeness (QED) is 0.285. The second-order valence-corrected chi connectivity index (χ2v) is 9.70. The van der Waals surface area contributed by atoms with Gasteiger partial charge in [-0.15, -0.1) is 0 Å². The first-order valence-electron chi connectivity index (χ1n) is 11.0. The van der Waals surface area contributed by atoms with Gasteiger partial charge in [0, 0.05) is 31.7 Å². The molecule has 5 rings (SSSR count). The number of carbonyl (C=O) groups excluding carboxylic acids is 1. The van der Waals surface area contributed by atoms with Crippen LogP contribution < -0.4 is 0 Å². The highest BCUT2D eigenvalue weighted by Gasteiger charge is 2.24. The summed E-state index contributed by atoms with van der Waals surface area (Å²) < 4.78 is 5.94. The van der Waals surface area contributed by atoms with Crippen LogP contribution in [-0.2, 0) is 22.4 Å². The third-order valence-electron chi connectivity index (χ3n) is 5.69. The zero-order valence-electron chi connectivity index (χ0n) is 19.2. The van der Waals surface area contributed by atoms with Gasteiger partial charge >= 0.3 is 0 Å². The Balaban J connectivity index is 1.45. The number of Topliss-reactive ketones (excluding diaryl/α,β-unsaturated/α-hetero) is 1. The first kappa shape index (κ1) is 23.3. The van der Waals surface area contributed by atoms with E-state index in [1.165, 1.54) is 16.1 Å². The molecule has 0 N–H and O–H groups in total. The van der Waals surface area contributed by atoms with Crippen LogP contribution in [0.3, 0.4) is 0 Å². The summed E-state index contributed by atoms with van der Waals surface area (Å²) in [6.45, 7) is 1.96. The summed E-state index contributed by atoms with van der Waals surface area (Å²) in [7, 11) is 1.67. The van der Waals surface area contributed by atoms with Gasteiger partial charge in [0.05, 0.1) is 22.4 Å². The van der Waals surface area contributed by atoms with Gasteiger partial charge in [-0.2, -0.15) is 15.0 Å². The van der Waals surface area contributed by atoms with Crippen molar-refractivity contribution in [2.45, 2.75) is 25.9 Å². The molecule has 0 radical (unpaired) electrons. The minimum absolute atomic E-state index is 0.0447. The van der Waals surface area contributed by atoms with E-state index in [1.54, 1.807) is 31.8 Å².